The van der Waals surface area contributed by atoms with E-state index in [0.717, 1.165) is 34.4 Å². The van der Waals surface area contributed by atoms with E-state index >= 15 is 0 Å². The quantitative estimate of drug-likeness (QED) is 0.0332. The maximum absolute atomic E-state index is 14.7. The molecule has 13 nitrogen and oxygen atoms in total. The van der Waals surface area contributed by atoms with Crippen molar-refractivity contribution in [3.63, 3.8) is 0 Å². The zero-order valence-electron chi connectivity index (χ0n) is 28.6. The first kappa shape index (κ1) is 42.5. The number of nitrogens with zero attached hydrogens (tertiary/aromatic N) is 1. The van der Waals surface area contributed by atoms with Crippen LogP contribution in [0.3, 0.4) is 0 Å². The van der Waals surface area contributed by atoms with Crippen molar-refractivity contribution in [3.05, 3.63) is 120 Å². The number of hydrogen-bond donors (Lipinski definition) is 0. The van der Waals surface area contributed by atoms with Crippen LogP contribution in [0.2, 0.25) is 0 Å². The van der Waals surface area contributed by atoms with Gasteiger partial charge in [0.15, 0.2) is 11.6 Å². The van der Waals surface area contributed by atoms with Crippen LogP contribution in [0.25, 0.3) is 0 Å². The van der Waals surface area contributed by atoms with Gasteiger partial charge < -0.3 is 28.6 Å². The van der Waals surface area contributed by atoms with Crippen LogP contribution in [0.15, 0.2) is 88.2 Å². The van der Waals surface area contributed by atoms with E-state index in [4.69, 9.17) is 18.9 Å². The van der Waals surface area contributed by atoms with E-state index in [1.807, 2.05) is 36.4 Å². The fourth-order valence-electron chi connectivity index (χ4n) is 6.86. The molecule has 4 aromatic rings. The number of carbonyl (C=O) groups excluding carboxylic acids is 2. The molecule has 0 fully saturated rings. The average molecular weight is 1060 g/mol. The van der Waals surface area contributed by atoms with Crippen molar-refractivity contribution < 1.29 is 72.6 Å². The van der Waals surface area contributed by atoms with E-state index in [2.05, 4.69) is 4.40 Å². The van der Waals surface area contributed by atoms with Crippen molar-refractivity contribution in [1.82, 2.24) is 0 Å². The van der Waals surface area contributed by atoms with Crippen molar-refractivity contribution in [2.75, 3.05) is 26.4 Å². The summed E-state index contributed by atoms with van der Waals surface area (Å²) in [4.78, 5) is 27.6. The number of rotatable bonds is 13. The highest BCUT2D eigenvalue weighted by molar-refractivity contribution is 14.1. The molecule has 21 heteroatoms. The lowest BCUT2D eigenvalue weighted by atomic mass is 9.54. The van der Waals surface area contributed by atoms with Crippen LogP contribution in [0, 0.1) is 24.8 Å². The molecule has 0 aliphatic heterocycles. The molecule has 0 heterocycles. The van der Waals surface area contributed by atoms with Crippen LogP contribution in [0.1, 0.15) is 39.7 Å². The highest BCUT2D eigenvalue weighted by Crippen LogP contribution is 2.58. The number of halogens is 6. The van der Waals surface area contributed by atoms with Gasteiger partial charge in [0.2, 0.25) is 0 Å². The van der Waals surface area contributed by atoms with Gasteiger partial charge in [0.1, 0.15) is 42.3 Å². The summed E-state index contributed by atoms with van der Waals surface area (Å²) < 4.78 is 134. The van der Waals surface area contributed by atoms with Crippen molar-refractivity contribution in [2.45, 2.75) is 22.2 Å². The van der Waals surface area contributed by atoms with Gasteiger partial charge in [-0.3, -0.25) is 9.59 Å². The fraction of sp³-hybridized carbons (Fsp3) is 0.250. The first-order valence-corrected chi connectivity index (χ1v) is 21.4. The van der Waals surface area contributed by atoms with Crippen molar-refractivity contribution >= 4 is 83.2 Å². The molecule has 0 aromatic heterocycles. The lowest BCUT2D eigenvalue weighted by Crippen LogP contribution is -2.48. The number of fused-ring (bicyclic) bond motifs is 1. The van der Waals surface area contributed by atoms with Gasteiger partial charge in [-0.15, -0.1) is 0 Å². The highest BCUT2D eigenvalue weighted by atomic mass is 127. The smallest absolute Gasteiger partial charge is 0.518 e. The van der Waals surface area contributed by atoms with Gasteiger partial charge in [-0.05, 0) is 97.3 Å². The van der Waals surface area contributed by atoms with Crippen molar-refractivity contribution in [2.24, 2.45) is 16.2 Å². The van der Waals surface area contributed by atoms with Crippen molar-refractivity contribution in [3.8, 4) is 11.5 Å². The molecule has 2 atom stereocenters. The molecule has 3 aliphatic rings. The summed E-state index contributed by atoms with van der Waals surface area (Å²) >= 11 is 3.41. The predicted molar refractivity (Wildman–Crippen MR) is 204 cm³/mol. The maximum atomic E-state index is 14.7. The number of hydrogen-bond acceptors (Lipinski definition) is 12. The second-order valence-corrected chi connectivity index (χ2v) is 17.7. The molecule has 0 saturated carbocycles. The number of esters is 2. The molecule has 302 valence electrons. The van der Waals surface area contributed by atoms with Crippen LogP contribution in [-0.4, -0.2) is 71.2 Å². The Bertz CT molecular complexity index is 2430. The van der Waals surface area contributed by atoms with Crippen LogP contribution < -0.4 is 14.6 Å². The third-order valence-corrected chi connectivity index (χ3v) is 13.4. The minimum absolute atomic E-state index is 0.150. The van der Waals surface area contributed by atoms with Crippen LogP contribution in [0.4, 0.5) is 17.6 Å². The molecular formula is C36H25F4I2NO12S2-2. The Hall–Kier alpha value is -4.07. The third-order valence-electron chi connectivity index (χ3n) is 9.06. The minimum Gasteiger partial charge on any atom is -0.858 e. The van der Waals surface area contributed by atoms with Gasteiger partial charge in [0.25, 0.3) is 0 Å². The molecule has 4 aromatic carbocycles. The Morgan fingerprint density at radius 1 is 0.719 bits per heavy atom. The van der Waals surface area contributed by atoms with Crippen LogP contribution in [-0.2, 0) is 39.2 Å². The third kappa shape index (κ3) is 8.85. The molecule has 2 unspecified atom stereocenters. The summed E-state index contributed by atoms with van der Waals surface area (Å²) in [7, 11) is -10.9. The molecule has 7 rings (SSSR count). The molecule has 0 amide bonds. The molecule has 0 radical (unpaired) electrons. The summed E-state index contributed by atoms with van der Waals surface area (Å²) in [5.74, 6) is -8.27. The van der Waals surface area contributed by atoms with Crippen LogP contribution >= 0.6 is 45.2 Å². The minimum atomic E-state index is -6.16. The topological polar surface area (TPSA) is 198 Å². The standard InChI is InChI=1S/C36H27F4I2NO12S2/c37-24-15-18(33(44)43-57(50,51)36(38,39)40)9-10-27(24)53-12-14-55-35(46)31-29-22-7-3-1-5-20(22)28(21-6-2-4-8-23(21)29)30(31)34(45)54-13-11-52-19-16-25(41)32(26(42)17-19)56(47,48)49/h1-10,15-17,28-31H,11-14H2,(H,43,44)(H,47,48,49)/p-2. The number of carbonyl (C=O) groups is 2. The van der Waals surface area contributed by atoms with Gasteiger partial charge in [0, 0.05) is 24.9 Å². The molecule has 3 aliphatic carbocycles. The largest absolute Gasteiger partial charge is 0.858 e. The summed E-state index contributed by atoms with van der Waals surface area (Å²) in [6.45, 7) is -1.31. The fourth-order valence-corrected chi connectivity index (χ4v) is 11.2. The van der Waals surface area contributed by atoms with Gasteiger partial charge >= 0.3 is 27.5 Å². The van der Waals surface area contributed by atoms with E-state index in [9.17, 15) is 53.6 Å². The second-order valence-electron chi connectivity index (χ2n) is 12.4. The molecule has 0 saturated heterocycles. The zero-order chi connectivity index (χ0) is 41.4. The van der Waals surface area contributed by atoms with E-state index < -0.39 is 97.5 Å². The monoisotopic (exact) mass is 1060 g/mol. The van der Waals surface area contributed by atoms with Crippen LogP contribution in [0.5, 0.6) is 11.5 Å². The number of alkyl halides is 3. The van der Waals surface area contributed by atoms with E-state index in [0.29, 0.717) is 6.07 Å². The Kier molecular flexibility index (Phi) is 12.4. The predicted octanol–water partition coefficient (Wildman–Crippen LogP) is 4.96. The van der Waals surface area contributed by atoms with Gasteiger partial charge in [-0.1, -0.05) is 54.6 Å². The molecular weight excluding hydrogens is 1030 g/mol. The lowest BCUT2D eigenvalue weighted by molar-refractivity contribution is -0.212. The average Bonchev–Trinajstić information content (AvgIpc) is 3.13. The Balaban J connectivity index is 1.16. The summed E-state index contributed by atoms with van der Waals surface area (Å²) in [6, 6.07) is 19.5. The summed E-state index contributed by atoms with van der Waals surface area (Å²) in [5, 5.41) is 12.0. The van der Waals surface area contributed by atoms with Gasteiger partial charge in [0.05, 0.1) is 16.7 Å². The number of ether oxygens (including phenoxy) is 4. The first-order chi connectivity index (χ1) is 26.8. The summed E-state index contributed by atoms with van der Waals surface area (Å²) in [5.41, 5.74) is -3.35. The summed E-state index contributed by atoms with van der Waals surface area (Å²) in [6.07, 6.45) is 0. The number of benzene rings is 4. The van der Waals surface area contributed by atoms with E-state index in [-0.39, 0.29) is 31.0 Å². The maximum Gasteiger partial charge on any atom is 0.518 e. The normalized spacial score (nSPS) is 19.0. The Labute approximate surface area is 349 Å². The molecule has 0 spiro atoms. The zero-order valence-corrected chi connectivity index (χ0v) is 34.5. The second kappa shape index (κ2) is 16.7. The van der Waals surface area contributed by atoms with Gasteiger partial charge in [-0.25, -0.2) is 12.8 Å². The Morgan fingerprint density at radius 3 is 1.60 bits per heavy atom. The SMILES string of the molecule is O=C(OCCOc1cc(I)c(S(=O)(=O)[O-])c(I)c1)C1C2c3ccccc3C(c3ccccc32)C1C(=O)OCCOc1ccc(/C([O-])=N\S(=O)(=O)C(F)(F)F)cc1F. The van der Waals surface area contributed by atoms with E-state index in [1.54, 1.807) is 57.3 Å². The van der Waals surface area contributed by atoms with Crippen molar-refractivity contribution in [1.29, 1.82) is 0 Å². The first-order valence-electron chi connectivity index (χ1n) is 16.4. The molecule has 2 bridgehead atoms. The molecule has 57 heavy (non-hydrogen) atoms. The molecule has 0 N–H and O–H groups in total. The highest BCUT2D eigenvalue weighted by Gasteiger charge is 2.56. The van der Waals surface area contributed by atoms with E-state index in [1.165, 1.54) is 12.1 Å². The Morgan fingerprint density at radius 2 is 1.18 bits per heavy atom. The lowest BCUT2D eigenvalue weighted by Gasteiger charge is -2.48. The number of sulfonamides is 1. The van der Waals surface area contributed by atoms with Gasteiger partial charge in [-0.2, -0.15) is 26.0 Å².